The number of hydrogen-bond donors (Lipinski definition) is 1. The van der Waals surface area contributed by atoms with Crippen molar-refractivity contribution in [1.29, 1.82) is 0 Å². The minimum atomic E-state index is 0.737. The van der Waals surface area contributed by atoms with Gasteiger partial charge < -0.3 is 5.32 Å². The quantitative estimate of drug-likeness (QED) is 0.803. The fraction of sp³-hybridized carbons (Fsp3) is 0.769. The van der Waals surface area contributed by atoms with Crippen molar-refractivity contribution < 1.29 is 0 Å². The molecule has 3 heteroatoms. The predicted octanol–water partition coefficient (Wildman–Crippen LogP) is 2.44. The molecule has 0 amide bonds. The van der Waals surface area contributed by atoms with Crippen LogP contribution in [-0.2, 0) is 13.6 Å². The first-order chi connectivity index (χ1) is 7.50. The average molecular weight is 223 g/mol. The topological polar surface area (TPSA) is 29.9 Å². The maximum Gasteiger partial charge on any atom is 0.0534 e. The van der Waals surface area contributed by atoms with Crippen LogP contribution < -0.4 is 5.32 Å². The average Bonchev–Trinajstić information content (AvgIpc) is 2.57. The summed E-state index contributed by atoms with van der Waals surface area (Å²) in [4.78, 5) is 0. The summed E-state index contributed by atoms with van der Waals surface area (Å²) < 4.78 is 1.85. The van der Waals surface area contributed by atoms with Gasteiger partial charge in [-0.2, -0.15) is 5.10 Å². The molecular weight excluding hydrogens is 198 g/mol. The highest BCUT2D eigenvalue weighted by molar-refractivity contribution is 5.02. The molecule has 0 fully saturated rings. The van der Waals surface area contributed by atoms with E-state index in [1.807, 2.05) is 17.9 Å². The van der Waals surface area contributed by atoms with E-state index in [1.165, 1.54) is 5.56 Å². The molecule has 0 spiro atoms. The third-order valence-electron chi connectivity index (χ3n) is 3.18. The molecule has 0 bridgehead atoms. The van der Waals surface area contributed by atoms with Gasteiger partial charge in [0.1, 0.15) is 0 Å². The number of hydrogen-bond acceptors (Lipinski definition) is 2. The summed E-state index contributed by atoms with van der Waals surface area (Å²) in [6.45, 7) is 11.2. The molecule has 0 saturated carbocycles. The van der Waals surface area contributed by atoms with Crippen molar-refractivity contribution in [2.24, 2.45) is 24.8 Å². The van der Waals surface area contributed by atoms with Gasteiger partial charge in [-0.3, -0.25) is 4.68 Å². The molecule has 0 aliphatic heterocycles. The lowest BCUT2D eigenvalue weighted by molar-refractivity contribution is 0.275. The zero-order valence-corrected chi connectivity index (χ0v) is 11.2. The van der Waals surface area contributed by atoms with Gasteiger partial charge in [0.05, 0.1) is 6.20 Å². The van der Waals surface area contributed by atoms with Crippen LogP contribution in [0.25, 0.3) is 0 Å². The molecule has 0 radical (unpaired) electrons. The monoisotopic (exact) mass is 223 g/mol. The fourth-order valence-corrected chi connectivity index (χ4v) is 2.19. The number of nitrogens with one attached hydrogen (secondary N) is 1. The van der Waals surface area contributed by atoms with Crippen molar-refractivity contribution in [3.63, 3.8) is 0 Å². The Kier molecular flexibility index (Phi) is 5.00. The number of aryl methyl sites for hydroxylation is 1. The molecule has 1 rings (SSSR count). The third-order valence-corrected chi connectivity index (χ3v) is 3.18. The molecule has 0 saturated heterocycles. The summed E-state index contributed by atoms with van der Waals surface area (Å²) in [5.74, 6) is 2.22. The first kappa shape index (κ1) is 13.2. The summed E-state index contributed by atoms with van der Waals surface area (Å²) in [5, 5.41) is 7.69. The Bertz CT molecular complexity index is 294. The van der Waals surface area contributed by atoms with Crippen LogP contribution in [0.15, 0.2) is 12.4 Å². The molecule has 1 heterocycles. The summed E-state index contributed by atoms with van der Waals surface area (Å²) in [5.41, 5.74) is 1.26. The first-order valence-corrected chi connectivity index (χ1v) is 6.19. The summed E-state index contributed by atoms with van der Waals surface area (Å²) in [7, 11) is 1.95. The molecule has 0 aliphatic rings. The number of aromatic nitrogens is 2. The molecule has 16 heavy (non-hydrogen) atoms. The molecule has 3 nitrogen and oxygen atoms in total. The molecule has 0 aliphatic carbocycles. The molecule has 92 valence electrons. The Morgan fingerprint density at radius 1 is 1.25 bits per heavy atom. The first-order valence-electron chi connectivity index (χ1n) is 6.19. The van der Waals surface area contributed by atoms with E-state index >= 15 is 0 Å². The van der Waals surface area contributed by atoms with Gasteiger partial charge in [-0.05, 0) is 24.3 Å². The largest absolute Gasteiger partial charge is 0.312 e. The van der Waals surface area contributed by atoms with E-state index < -0.39 is 0 Å². The lowest BCUT2D eigenvalue weighted by Crippen LogP contribution is -2.29. The zero-order chi connectivity index (χ0) is 12.1. The van der Waals surface area contributed by atoms with Crippen LogP contribution in [0.4, 0.5) is 0 Å². The molecule has 0 aromatic carbocycles. The van der Waals surface area contributed by atoms with E-state index in [0.29, 0.717) is 0 Å². The molecule has 0 unspecified atom stereocenters. The van der Waals surface area contributed by atoms with E-state index in [9.17, 15) is 0 Å². The summed E-state index contributed by atoms with van der Waals surface area (Å²) >= 11 is 0. The summed E-state index contributed by atoms with van der Waals surface area (Å²) in [6.07, 6.45) is 3.99. The second-order valence-corrected chi connectivity index (χ2v) is 5.31. The molecule has 1 aromatic heterocycles. The fourth-order valence-electron chi connectivity index (χ4n) is 2.19. The zero-order valence-electron chi connectivity index (χ0n) is 11.2. The lowest BCUT2D eigenvalue weighted by atomic mass is 9.85. The van der Waals surface area contributed by atoms with Gasteiger partial charge in [0.2, 0.25) is 0 Å². The second-order valence-electron chi connectivity index (χ2n) is 5.31. The van der Waals surface area contributed by atoms with Gasteiger partial charge in [-0.15, -0.1) is 0 Å². The van der Waals surface area contributed by atoms with Crippen LogP contribution in [0.2, 0.25) is 0 Å². The highest BCUT2D eigenvalue weighted by Gasteiger charge is 2.16. The molecule has 1 N–H and O–H groups in total. The van der Waals surface area contributed by atoms with Crippen molar-refractivity contribution >= 4 is 0 Å². The third kappa shape index (κ3) is 3.97. The van der Waals surface area contributed by atoms with E-state index in [-0.39, 0.29) is 0 Å². The van der Waals surface area contributed by atoms with E-state index in [2.05, 4.69) is 44.3 Å². The Morgan fingerprint density at radius 2 is 1.88 bits per heavy atom. The summed E-state index contributed by atoms with van der Waals surface area (Å²) in [6, 6.07) is 0. The lowest BCUT2D eigenvalue weighted by Gasteiger charge is -2.25. The SMILES string of the molecule is CC(C)C(CNCc1cnn(C)c1)C(C)C. The van der Waals surface area contributed by atoms with Crippen LogP contribution in [0, 0.1) is 17.8 Å². The smallest absolute Gasteiger partial charge is 0.0534 e. The maximum atomic E-state index is 4.16. The van der Waals surface area contributed by atoms with Crippen LogP contribution in [0.5, 0.6) is 0 Å². The predicted molar refractivity (Wildman–Crippen MR) is 68.1 cm³/mol. The van der Waals surface area contributed by atoms with Gasteiger partial charge in [-0.25, -0.2) is 0 Å². The molecular formula is C13H25N3. The van der Waals surface area contributed by atoms with E-state index in [4.69, 9.17) is 0 Å². The highest BCUT2D eigenvalue weighted by atomic mass is 15.2. The molecule has 1 aromatic rings. The van der Waals surface area contributed by atoms with E-state index in [0.717, 1.165) is 30.8 Å². The highest BCUT2D eigenvalue weighted by Crippen LogP contribution is 2.19. The van der Waals surface area contributed by atoms with Crippen molar-refractivity contribution in [3.05, 3.63) is 18.0 Å². The second kappa shape index (κ2) is 6.04. The minimum absolute atomic E-state index is 0.737. The van der Waals surface area contributed by atoms with Gasteiger partial charge in [0.15, 0.2) is 0 Å². The van der Waals surface area contributed by atoms with Crippen LogP contribution in [0.3, 0.4) is 0 Å². The van der Waals surface area contributed by atoms with Crippen molar-refractivity contribution in [2.45, 2.75) is 34.2 Å². The maximum absolute atomic E-state index is 4.16. The van der Waals surface area contributed by atoms with Crippen LogP contribution in [-0.4, -0.2) is 16.3 Å². The van der Waals surface area contributed by atoms with Crippen LogP contribution in [0.1, 0.15) is 33.3 Å². The van der Waals surface area contributed by atoms with E-state index in [1.54, 1.807) is 0 Å². The Labute approximate surface area is 99.2 Å². The Hall–Kier alpha value is -0.830. The molecule has 0 atom stereocenters. The minimum Gasteiger partial charge on any atom is -0.312 e. The number of nitrogens with zero attached hydrogens (tertiary/aromatic N) is 2. The normalized spacial score (nSPS) is 12.0. The van der Waals surface area contributed by atoms with Gasteiger partial charge >= 0.3 is 0 Å². The van der Waals surface area contributed by atoms with Gasteiger partial charge in [-0.1, -0.05) is 27.7 Å². The van der Waals surface area contributed by atoms with Crippen molar-refractivity contribution in [2.75, 3.05) is 6.54 Å². The number of rotatable bonds is 6. The van der Waals surface area contributed by atoms with Gasteiger partial charge in [0, 0.05) is 25.4 Å². The standard InChI is InChI=1S/C13H25N3/c1-10(2)13(11(3)4)8-14-6-12-7-15-16(5)9-12/h7,9-11,13-14H,6,8H2,1-5H3. The van der Waals surface area contributed by atoms with Crippen molar-refractivity contribution in [1.82, 2.24) is 15.1 Å². The Morgan fingerprint density at radius 3 is 2.31 bits per heavy atom. The van der Waals surface area contributed by atoms with Gasteiger partial charge in [0.25, 0.3) is 0 Å². The van der Waals surface area contributed by atoms with Crippen molar-refractivity contribution in [3.8, 4) is 0 Å². The Balaban J connectivity index is 2.33. The van der Waals surface area contributed by atoms with Crippen LogP contribution >= 0.6 is 0 Å².